The third-order valence-corrected chi connectivity index (χ3v) is 15.1. The molecule has 0 aliphatic heterocycles. The van der Waals surface area contributed by atoms with Gasteiger partial charge in [0.15, 0.2) is 0 Å². The zero-order valence-corrected chi connectivity index (χ0v) is 25.8. The van der Waals surface area contributed by atoms with E-state index in [0.29, 0.717) is 34.7 Å². The molecule has 0 aromatic heterocycles. The van der Waals surface area contributed by atoms with Crippen molar-refractivity contribution in [2.45, 2.75) is 135 Å². The van der Waals surface area contributed by atoms with Gasteiger partial charge >= 0.3 is 0 Å². The molecule has 6 fully saturated rings. The van der Waals surface area contributed by atoms with E-state index in [1.54, 1.807) is 0 Å². The number of Topliss-reactive ketones (excluding diaryl/α,β-unsaturated/α-hetero) is 1. The van der Waals surface area contributed by atoms with E-state index >= 15 is 0 Å². The van der Waals surface area contributed by atoms with E-state index in [-0.39, 0.29) is 23.0 Å². The molecule has 41 heavy (non-hydrogen) atoms. The highest BCUT2D eigenvalue weighted by atomic mass is 16.3. The lowest BCUT2D eigenvalue weighted by molar-refractivity contribution is -0.141. The van der Waals surface area contributed by atoms with Crippen LogP contribution >= 0.6 is 0 Å². The Kier molecular flexibility index (Phi) is 6.98. The number of aryl methyl sites for hydroxylation is 1. The molecule has 1 unspecified atom stereocenters. The highest BCUT2D eigenvalue weighted by molar-refractivity contribution is 5.79. The summed E-state index contributed by atoms with van der Waals surface area (Å²) in [6.45, 7) is 7.16. The Bertz CT molecular complexity index is 1180. The van der Waals surface area contributed by atoms with E-state index in [1.807, 2.05) is 12.1 Å². The van der Waals surface area contributed by atoms with Crippen LogP contribution in [0.1, 0.15) is 128 Å². The predicted molar refractivity (Wildman–Crippen MR) is 161 cm³/mol. The molecule has 12 atom stereocenters. The molecule has 7 aliphatic rings. The molecule has 3 N–H and O–H groups in total. The van der Waals surface area contributed by atoms with Gasteiger partial charge in [0.1, 0.15) is 11.5 Å². The maximum absolute atomic E-state index is 11.9. The Hall–Kier alpha value is -1.39. The number of ketones is 1. The van der Waals surface area contributed by atoms with E-state index in [2.05, 4.69) is 26.8 Å². The van der Waals surface area contributed by atoms with Crippen molar-refractivity contribution >= 4 is 5.78 Å². The number of fused-ring (bicyclic) bond motifs is 10. The van der Waals surface area contributed by atoms with Gasteiger partial charge in [-0.15, -0.1) is 0 Å². The van der Waals surface area contributed by atoms with Crippen molar-refractivity contribution in [1.82, 2.24) is 0 Å². The number of benzene rings is 1. The molecule has 0 spiro atoms. The molecule has 0 saturated heterocycles. The first-order valence-electron chi connectivity index (χ1n) is 17.2. The predicted octanol–water partition coefficient (Wildman–Crippen LogP) is 7.57. The zero-order valence-electron chi connectivity index (χ0n) is 25.8. The van der Waals surface area contributed by atoms with Gasteiger partial charge in [-0.05, 0) is 164 Å². The second-order valence-electron chi connectivity index (χ2n) is 16.5. The molecule has 226 valence electrons. The average Bonchev–Trinajstić information content (AvgIpc) is 3.43. The number of aliphatic hydroxyl groups is 2. The van der Waals surface area contributed by atoms with Crippen molar-refractivity contribution in [3.8, 4) is 5.75 Å². The maximum Gasteiger partial charge on any atom is 0.133 e. The Morgan fingerprint density at radius 3 is 2.07 bits per heavy atom. The van der Waals surface area contributed by atoms with E-state index in [0.717, 1.165) is 68.6 Å². The third-order valence-electron chi connectivity index (χ3n) is 15.1. The Morgan fingerprint density at radius 2 is 1.34 bits per heavy atom. The van der Waals surface area contributed by atoms with Crippen LogP contribution in [-0.2, 0) is 11.2 Å². The molecule has 8 rings (SSSR count). The highest BCUT2D eigenvalue weighted by Crippen LogP contribution is 2.66. The first-order chi connectivity index (χ1) is 19.5. The fraction of sp³-hybridized carbons (Fsp3) is 0.811. The quantitative estimate of drug-likeness (QED) is 0.305. The van der Waals surface area contributed by atoms with Crippen LogP contribution in [0.5, 0.6) is 5.75 Å². The summed E-state index contributed by atoms with van der Waals surface area (Å²) in [5, 5.41) is 30.5. The number of aliphatic hydroxyl groups excluding tert-OH is 2. The van der Waals surface area contributed by atoms with Gasteiger partial charge in [-0.2, -0.15) is 0 Å². The van der Waals surface area contributed by atoms with Crippen molar-refractivity contribution < 1.29 is 20.1 Å². The molecular weight excluding hydrogens is 508 g/mol. The molecule has 4 nitrogen and oxygen atoms in total. The summed E-state index contributed by atoms with van der Waals surface area (Å²) in [4.78, 5) is 11.9. The largest absolute Gasteiger partial charge is 0.508 e. The molecule has 7 aliphatic carbocycles. The van der Waals surface area contributed by atoms with Crippen LogP contribution in [0.15, 0.2) is 18.2 Å². The summed E-state index contributed by atoms with van der Waals surface area (Å²) in [5.74, 6) is 6.01. The molecule has 0 bridgehead atoms. The number of phenolic OH excluding ortho intramolecular Hbond substituents is 1. The lowest BCUT2D eigenvalue weighted by atomic mass is 9.45. The molecule has 0 heterocycles. The van der Waals surface area contributed by atoms with Crippen molar-refractivity contribution in [2.24, 2.45) is 51.8 Å². The summed E-state index contributed by atoms with van der Waals surface area (Å²) in [6.07, 6.45) is 16.8. The average molecular weight is 563 g/mol. The SMILES string of the molecule is C[C@]12CC[C@@H]3c4ccc(O)cc4CC[C@H]3[C@@H]1CC[C@@H]2O.C[C@]12CC[C@H]3[C@@H](CCC4CC(=O)CC[C@@]43C)[C@@H]1CC[C@@H]2O. The number of carbonyl (C=O) groups excluding carboxylic acids is 1. The summed E-state index contributed by atoms with van der Waals surface area (Å²) in [6, 6.07) is 5.96. The van der Waals surface area contributed by atoms with Gasteiger partial charge < -0.3 is 15.3 Å². The number of phenols is 1. The van der Waals surface area contributed by atoms with Crippen molar-refractivity contribution in [2.75, 3.05) is 0 Å². The van der Waals surface area contributed by atoms with Crippen LogP contribution in [0.4, 0.5) is 0 Å². The Morgan fingerprint density at radius 1 is 0.683 bits per heavy atom. The summed E-state index contributed by atoms with van der Waals surface area (Å²) < 4.78 is 0. The second-order valence-corrected chi connectivity index (χ2v) is 16.5. The van der Waals surface area contributed by atoms with Crippen LogP contribution < -0.4 is 0 Å². The molecule has 6 saturated carbocycles. The molecule has 1 aromatic rings. The van der Waals surface area contributed by atoms with Crippen LogP contribution in [0, 0.1) is 51.8 Å². The first kappa shape index (κ1) is 28.4. The number of hydrogen-bond donors (Lipinski definition) is 3. The monoisotopic (exact) mass is 562 g/mol. The third kappa shape index (κ3) is 4.31. The molecule has 0 radical (unpaired) electrons. The van der Waals surface area contributed by atoms with Gasteiger partial charge in [-0.1, -0.05) is 26.8 Å². The van der Waals surface area contributed by atoms with Crippen LogP contribution in [0.25, 0.3) is 0 Å². The number of aromatic hydroxyl groups is 1. The second kappa shape index (κ2) is 10.1. The molecule has 4 heteroatoms. The van der Waals surface area contributed by atoms with E-state index in [4.69, 9.17) is 0 Å². The normalized spacial score (nSPS) is 49.8. The van der Waals surface area contributed by atoms with E-state index < -0.39 is 0 Å². The molecule has 0 amide bonds. The number of rotatable bonds is 0. The van der Waals surface area contributed by atoms with Crippen molar-refractivity contribution in [3.05, 3.63) is 29.3 Å². The minimum absolute atomic E-state index is 0.0677. The van der Waals surface area contributed by atoms with Gasteiger partial charge in [0.05, 0.1) is 12.2 Å². The minimum atomic E-state index is -0.0883. The van der Waals surface area contributed by atoms with Crippen LogP contribution in [-0.4, -0.2) is 33.3 Å². The van der Waals surface area contributed by atoms with Gasteiger partial charge in [0.25, 0.3) is 0 Å². The fourth-order valence-corrected chi connectivity index (χ4v) is 12.6. The first-order valence-corrected chi connectivity index (χ1v) is 17.2. The fourth-order valence-electron chi connectivity index (χ4n) is 12.6. The lowest BCUT2D eigenvalue weighted by Crippen LogP contribution is -2.54. The van der Waals surface area contributed by atoms with Crippen molar-refractivity contribution in [1.29, 1.82) is 0 Å². The Balaban J connectivity index is 0.000000135. The van der Waals surface area contributed by atoms with Gasteiger partial charge in [0.2, 0.25) is 0 Å². The van der Waals surface area contributed by atoms with Crippen LogP contribution in [0.2, 0.25) is 0 Å². The number of hydrogen-bond acceptors (Lipinski definition) is 4. The highest BCUT2D eigenvalue weighted by Gasteiger charge is 2.60. The molecule has 1 aromatic carbocycles. The summed E-state index contributed by atoms with van der Waals surface area (Å²) in [5.41, 5.74) is 3.59. The summed E-state index contributed by atoms with van der Waals surface area (Å²) in [7, 11) is 0. The maximum atomic E-state index is 11.9. The van der Waals surface area contributed by atoms with E-state index in [1.165, 1.54) is 62.5 Å². The standard InChI is InChI=1S/C19H30O2.C18H24O2/c1-18-9-7-13(20)11-12(18)3-4-14-15-5-6-17(21)19(15,2)10-8-16(14)18;1-18-9-8-14-13-5-3-12(19)10-11(13)2-4-15(14)16(18)6-7-17(18)20/h12,14-17,21H,3-11H2,1-2H3;3,5,10,14-17,19-20H,2,4,6-9H2,1H3/t12?,14-,15-,16-,17-,18-,19-;14-,15-,16+,17+,18+/m01/s1. The van der Waals surface area contributed by atoms with Gasteiger partial charge in [0, 0.05) is 12.8 Å². The topological polar surface area (TPSA) is 77.8 Å². The Labute approximate surface area is 247 Å². The van der Waals surface area contributed by atoms with E-state index in [9.17, 15) is 20.1 Å². The van der Waals surface area contributed by atoms with Gasteiger partial charge in [-0.3, -0.25) is 4.79 Å². The minimum Gasteiger partial charge on any atom is -0.508 e. The van der Waals surface area contributed by atoms with Gasteiger partial charge in [-0.25, -0.2) is 0 Å². The van der Waals surface area contributed by atoms with Crippen molar-refractivity contribution in [3.63, 3.8) is 0 Å². The lowest BCUT2D eigenvalue weighted by Gasteiger charge is -2.60. The summed E-state index contributed by atoms with van der Waals surface area (Å²) >= 11 is 0. The smallest absolute Gasteiger partial charge is 0.133 e. The van der Waals surface area contributed by atoms with Crippen LogP contribution in [0.3, 0.4) is 0 Å². The zero-order chi connectivity index (χ0) is 28.7. The molecular formula is C37H54O4. The number of carbonyl (C=O) groups is 1.